The molecule has 184 valence electrons. The van der Waals surface area contributed by atoms with Gasteiger partial charge in [0.2, 0.25) is 0 Å². The third-order valence-corrected chi connectivity index (χ3v) is 6.86. The predicted octanol–water partition coefficient (Wildman–Crippen LogP) is 4.65. The van der Waals surface area contributed by atoms with E-state index >= 15 is 0 Å². The summed E-state index contributed by atoms with van der Waals surface area (Å²) in [5.41, 5.74) is 0.887. The number of thioether (sulfide) groups is 1. The van der Waals surface area contributed by atoms with E-state index in [1.807, 2.05) is 30.3 Å². The molecule has 1 aliphatic heterocycles. The first-order valence-corrected chi connectivity index (χ1v) is 12.8. The van der Waals surface area contributed by atoms with Crippen LogP contribution in [0.4, 0.5) is 11.4 Å². The molecule has 0 unspecified atom stereocenters. The zero-order valence-electron chi connectivity index (χ0n) is 18.8. The number of carbonyl (C=O) groups excluding carboxylic acids is 1. The predicted molar refractivity (Wildman–Crippen MR) is 136 cm³/mol. The molecule has 4 rings (SSSR count). The average Bonchev–Trinajstić information content (AvgIpc) is 3.19. The fraction of sp³-hybridized carbons (Fsp3) is 0.0833. The zero-order valence-corrected chi connectivity index (χ0v) is 20.4. The maximum atomic E-state index is 12.7. The Balaban J connectivity index is 1.59. The highest BCUT2D eigenvalue weighted by Crippen LogP contribution is 2.34. The monoisotopic (exact) mass is 525 g/mol. The van der Waals surface area contributed by atoms with Crippen molar-refractivity contribution >= 4 is 50.4 Å². The number of hydrogen-bond acceptors (Lipinski definition) is 9. The van der Waals surface area contributed by atoms with Crippen LogP contribution in [0.1, 0.15) is 12.5 Å². The first-order valence-electron chi connectivity index (χ1n) is 10.6. The largest absolute Gasteiger partial charge is 0.490 e. The minimum Gasteiger partial charge on any atom is -0.490 e. The van der Waals surface area contributed by atoms with Gasteiger partial charge in [-0.25, -0.2) is 4.99 Å². The number of nitro benzene ring substituents is 1. The summed E-state index contributed by atoms with van der Waals surface area (Å²) in [5.74, 6) is -0.288. The number of nitrogens with zero attached hydrogens (tertiary/aromatic N) is 2. The van der Waals surface area contributed by atoms with Crippen LogP contribution in [0.2, 0.25) is 0 Å². The number of rotatable bonds is 8. The molecular formula is C24H19N3O7S2. The van der Waals surface area contributed by atoms with Gasteiger partial charge in [0.05, 0.1) is 22.1 Å². The van der Waals surface area contributed by atoms with Crippen LogP contribution < -0.4 is 14.2 Å². The van der Waals surface area contributed by atoms with Gasteiger partial charge >= 0.3 is 10.1 Å². The van der Waals surface area contributed by atoms with Crippen molar-refractivity contribution in [2.75, 3.05) is 6.61 Å². The molecule has 0 saturated carbocycles. The van der Waals surface area contributed by atoms with E-state index in [0.717, 1.165) is 6.07 Å². The van der Waals surface area contributed by atoms with E-state index in [-0.39, 0.29) is 34.6 Å². The van der Waals surface area contributed by atoms with E-state index in [9.17, 15) is 23.3 Å². The van der Waals surface area contributed by atoms with Crippen LogP contribution in [0.15, 0.2) is 87.6 Å². The summed E-state index contributed by atoms with van der Waals surface area (Å²) < 4.78 is 36.3. The topological polar surface area (TPSA) is 137 Å². The first kappa shape index (κ1) is 24.9. The number of hydrogen-bond donors (Lipinski definition) is 1. The minimum atomic E-state index is -4.38. The van der Waals surface area contributed by atoms with Gasteiger partial charge < -0.3 is 14.2 Å². The maximum absolute atomic E-state index is 12.7. The Morgan fingerprint density at radius 2 is 1.83 bits per heavy atom. The number of carbonyl (C=O) groups is 1. The molecule has 10 nitrogen and oxygen atoms in total. The van der Waals surface area contributed by atoms with Crippen LogP contribution in [0.5, 0.6) is 11.5 Å². The SMILES string of the molecule is CCOc1cc(/C=C2\SC(=Nc3ccccc3)NC2=O)ccc1OS(=O)(=O)c1cccc([N+](=O)[O-])c1. The van der Waals surface area contributed by atoms with E-state index in [2.05, 4.69) is 10.3 Å². The molecule has 0 atom stereocenters. The number of amides is 1. The van der Waals surface area contributed by atoms with Crippen LogP contribution in [0, 0.1) is 10.1 Å². The lowest BCUT2D eigenvalue weighted by Crippen LogP contribution is -2.19. The highest BCUT2D eigenvalue weighted by atomic mass is 32.2. The van der Waals surface area contributed by atoms with Crippen LogP contribution in [-0.4, -0.2) is 31.0 Å². The van der Waals surface area contributed by atoms with E-state index in [0.29, 0.717) is 21.3 Å². The number of nitrogens with one attached hydrogen (secondary N) is 1. The van der Waals surface area contributed by atoms with Gasteiger partial charge in [0.15, 0.2) is 16.7 Å². The summed E-state index contributed by atoms with van der Waals surface area (Å²) in [6, 6.07) is 18.2. The molecule has 1 N–H and O–H groups in total. The highest BCUT2D eigenvalue weighted by Gasteiger charge is 2.25. The molecule has 0 spiro atoms. The van der Waals surface area contributed by atoms with Crippen LogP contribution in [0.3, 0.4) is 0 Å². The van der Waals surface area contributed by atoms with E-state index in [4.69, 9.17) is 8.92 Å². The van der Waals surface area contributed by atoms with Gasteiger partial charge in [0.1, 0.15) is 4.90 Å². The number of non-ortho nitro benzene ring substituents is 1. The fourth-order valence-electron chi connectivity index (χ4n) is 3.12. The molecule has 12 heteroatoms. The summed E-state index contributed by atoms with van der Waals surface area (Å²) in [5, 5.41) is 14.1. The molecule has 1 saturated heterocycles. The van der Waals surface area contributed by atoms with Crippen LogP contribution in [-0.2, 0) is 14.9 Å². The lowest BCUT2D eigenvalue weighted by atomic mass is 10.2. The first-order chi connectivity index (χ1) is 17.2. The molecule has 36 heavy (non-hydrogen) atoms. The lowest BCUT2D eigenvalue weighted by molar-refractivity contribution is -0.385. The molecule has 1 aliphatic rings. The third-order valence-electron chi connectivity index (χ3n) is 4.72. The Morgan fingerprint density at radius 1 is 1.06 bits per heavy atom. The van der Waals surface area contributed by atoms with Gasteiger partial charge in [0, 0.05) is 12.1 Å². The van der Waals surface area contributed by atoms with Crippen molar-refractivity contribution < 1.29 is 27.1 Å². The van der Waals surface area contributed by atoms with Crippen molar-refractivity contribution in [1.82, 2.24) is 5.32 Å². The number of nitro groups is 1. The summed E-state index contributed by atoms with van der Waals surface area (Å²) in [6.07, 6.45) is 1.62. The standard InChI is InChI=1S/C24H19N3O7S2/c1-2-33-21-13-16(14-22-23(28)26-24(35-22)25-17-7-4-3-5-8-17)11-12-20(21)34-36(31,32)19-10-6-9-18(15-19)27(29)30/h3-15H,2H2,1H3,(H,25,26,28)/b22-14-. The number of para-hydroxylation sites is 1. The second-order valence-electron chi connectivity index (χ2n) is 7.25. The Bertz CT molecular complexity index is 1490. The highest BCUT2D eigenvalue weighted by molar-refractivity contribution is 8.18. The third kappa shape index (κ3) is 5.90. The Kier molecular flexibility index (Phi) is 7.36. The zero-order chi connectivity index (χ0) is 25.7. The van der Waals surface area contributed by atoms with Crippen LogP contribution in [0.25, 0.3) is 6.08 Å². The van der Waals surface area contributed by atoms with Crippen molar-refractivity contribution in [2.45, 2.75) is 11.8 Å². The van der Waals surface area contributed by atoms with Crippen molar-refractivity contribution in [2.24, 2.45) is 4.99 Å². The van der Waals surface area contributed by atoms with Crippen LogP contribution >= 0.6 is 11.8 Å². The van der Waals surface area contributed by atoms with Gasteiger partial charge in [0.25, 0.3) is 11.6 Å². The fourth-order valence-corrected chi connectivity index (χ4v) is 4.94. The minimum absolute atomic E-state index is 0.0969. The molecule has 1 amide bonds. The second kappa shape index (κ2) is 10.6. The summed E-state index contributed by atoms with van der Waals surface area (Å²) in [6.45, 7) is 1.94. The number of ether oxygens (including phenoxy) is 1. The summed E-state index contributed by atoms with van der Waals surface area (Å²) in [4.78, 5) is 27.1. The Morgan fingerprint density at radius 3 is 2.56 bits per heavy atom. The molecule has 3 aromatic rings. The van der Waals surface area contributed by atoms with Gasteiger partial charge in [-0.3, -0.25) is 14.9 Å². The quantitative estimate of drug-likeness (QED) is 0.194. The molecule has 3 aromatic carbocycles. The summed E-state index contributed by atoms with van der Waals surface area (Å²) in [7, 11) is -4.38. The van der Waals surface area contributed by atoms with E-state index in [1.54, 1.807) is 19.1 Å². The molecule has 1 fully saturated rings. The summed E-state index contributed by atoms with van der Waals surface area (Å²) >= 11 is 1.17. The number of amidine groups is 1. The molecule has 0 aromatic heterocycles. The second-order valence-corrected chi connectivity index (χ2v) is 9.83. The van der Waals surface area contributed by atoms with E-state index in [1.165, 1.54) is 42.1 Å². The molecular weight excluding hydrogens is 506 g/mol. The van der Waals surface area contributed by atoms with Crippen molar-refractivity contribution in [3.63, 3.8) is 0 Å². The van der Waals surface area contributed by atoms with Crippen molar-refractivity contribution in [3.8, 4) is 11.5 Å². The molecule has 0 aliphatic carbocycles. The molecule has 0 radical (unpaired) electrons. The van der Waals surface area contributed by atoms with Gasteiger partial charge in [-0.05, 0) is 60.7 Å². The Hall–Kier alpha value is -4.16. The number of benzene rings is 3. The smallest absolute Gasteiger partial charge is 0.339 e. The van der Waals surface area contributed by atoms with Crippen molar-refractivity contribution in [1.29, 1.82) is 0 Å². The Labute approximate surface area is 210 Å². The average molecular weight is 526 g/mol. The van der Waals surface area contributed by atoms with Gasteiger partial charge in [-0.2, -0.15) is 8.42 Å². The van der Waals surface area contributed by atoms with Gasteiger partial charge in [-0.15, -0.1) is 0 Å². The molecule has 0 bridgehead atoms. The normalized spacial score (nSPS) is 15.6. The van der Waals surface area contributed by atoms with Crippen molar-refractivity contribution in [3.05, 3.63) is 93.4 Å². The lowest BCUT2D eigenvalue weighted by Gasteiger charge is -2.12. The molecule has 1 heterocycles. The van der Waals surface area contributed by atoms with E-state index < -0.39 is 15.0 Å². The maximum Gasteiger partial charge on any atom is 0.339 e. The number of aliphatic imine (C=N–C) groups is 1. The van der Waals surface area contributed by atoms with Gasteiger partial charge in [-0.1, -0.05) is 30.3 Å².